The van der Waals surface area contributed by atoms with Gasteiger partial charge in [-0.05, 0) is 47.5 Å². The molecule has 0 aliphatic heterocycles. The molecule has 106 valence electrons. The van der Waals surface area contributed by atoms with Gasteiger partial charge < -0.3 is 0 Å². The van der Waals surface area contributed by atoms with Gasteiger partial charge in [-0.2, -0.15) is 0 Å². The van der Waals surface area contributed by atoms with Gasteiger partial charge in [-0.25, -0.2) is 4.98 Å². The van der Waals surface area contributed by atoms with E-state index in [0.29, 0.717) is 0 Å². The van der Waals surface area contributed by atoms with E-state index in [1.165, 1.54) is 11.3 Å². The minimum atomic E-state index is 0.752. The quantitative estimate of drug-likeness (QED) is 0.516. The third-order valence-electron chi connectivity index (χ3n) is 3.38. The number of nitrogens with zero attached hydrogens (tertiary/aromatic N) is 3. The number of fused-ring (bicyclic) bond motifs is 1. The van der Waals surface area contributed by atoms with Crippen molar-refractivity contribution >= 4 is 34.0 Å². The summed E-state index contributed by atoms with van der Waals surface area (Å²) in [6.07, 6.45) is 5.36. The topological polar surface area (TPSA) is 38.7 Å². The van der Waals surface area contributed by atoms with Crippen molar-refractivity contribution in [2.45, 2.75) is 0 Å². The molecule has 3 nitrogen and oxygen atoms in total. The van der Waals surface area contributed by atoms with Gasteiger partial charge in [0, 0.05) is 12.4 Å². The summed E-state index contributed by atoms with van der Waals surface area (Å²) in [5, 5.41) is 0. The zero-order valence-corrected chi connectivity index (χ0v) is 13.0. The normalized spacial score (nSPS) is 11.0. The first kappa shape index (κ1) is 13.4. The van der Waals surface area contributed by atoms with Crippen molar-refractivity contribution < 1.29 is 0 Å². The zero-order chi connectivity index (χ0) is 14.9. The van der Waals surface area contributed by atoms with E-state index < -0.39 is 0 Å². The molecule has 4 aromatic rings. The summed E-state index contributed by atoms with van der Waals surface area (Å²) < 4.78 is 0.752. The molecule has 4 rings (SSSR count). The van der Waals surface area contributed by atoms with Crippen LogP contribution in [0, 0.1) is 0 Å². The maximum absolute atomic E-state index is 6.00. The molecule has 0 bridgehead atoms. The van der Waals surface area contributed by atoms with Crippen LogP contribution in [-0.2, 0) is 0 Å². The summed E-state index contributed by atoms with van der Waals surface area (Å²) in [4.78, 5) is 14.3. The maximum Gasteiger partial charge on any atom is 0.0993 e. The Balaban J connectivity index is 1.84. The van der Waals surface area contributed by atoms with E-state index in [1.807, 2.05) is 36.4 Å². The van der Waals surface area contributed by atoms with Crippen LogP contribution in [0.25, 0.3) is 32.7 Å². The third kappa shape index (κ3) is 2.47. The Morgan fingerprint density at radius 1 is 0.864 bits per heavy atom. The highest BCUT2D eigenvalue weighted by Gasteiger charge is 2.07. The molecule has 0 fully saturated rings. The van der Waals surface area contributed by atoms with Gasteiger partial charge in [0.2, 0.25) is 0 Å². The number of aromatic nitrogens is 3. The number of rotatable bonds is 2. The molecule has 0 aliphatic rings. The Bertz CT molecular complexity index is 950. The second-order valence-corrected chi connectivity index (χ2v) is 6.51. The van der Waals surface area contributed by atoms with Gasteiger partial charge in [0.25, 0.3) is 0 Å². The predicted octanol–water partition coefficient (Wildman–Crippen LogP) is 5.07. The van der Waals surface area contributed by atoms with E-state index in [-0.39, 0.29) is 0 Å². The average Bonchev–Trinajstić information content (AvgIpc) is 3.01. The fourth-order valence-corrected chi connectivity index (χ4v) is 3.30. The van der Waals surface area contributed by atoms with Crippen LogP contribution in [0.3, 0.4) is 0 Å². The minimum absolute atomic E-state index is 0.752. The molecule has 5 heteroatoms. The SMILES string of the molecule is Clc1ccc(-c2cnc3ccc(-c4ccncc4)cc3n2)s1. The van der Waals surface area contributed by atoms with Gasteiger partial charge in [0.05, 0.1) is 32.1 Å². The molecule has 3 heterocycles. The van der Waals surface area contributed by atoms with Crippen molar-refractivity contribution in [3.63, 3.8) is 0 Å². The Morgan fingerprint density at radius 3 is 2.50 bits per heavy atom. The van der Waals surface area contributed by atoms with Crippen molar-refractivity contribution in [2.24, 2.45) is 0 Å². The summed E-state index contributed by atoms with van der Waals surface area (Å²) in [5.41, 5.74) is 4.81. The van der Waals surface area contributed by atoms with E-state index in [2.05, 4.69) is 16.0 Å². The van der Waals surface area contributed by atoms with Gasteiger partial charge in [-0.1, -0.05) is 17.7 Å². The highest BCUT2D eigenvalue weighted by molar-refractivity contribution is 7.19. The van der Waals surface area contributed by atoms with E-state index in [1.54, 1.807) is 18.6 Å². The lowest BCUT2D eigenvalue weighted by Crippen LogP contribution is -1.88. The second kappa shape index (κ2) is 5.48. The molecule has 0 radical (unpaired) electrons. The van der Waals surface area contributed by atoms with Crippen LogP contribution in [0.1, 0.15) is 0 Å². The monoisotopic (exact) mass is 323 g/mol. The van der Waals surface area contributed by atoms with Crippen LogP contribution < -0.4 is 0 Å². The predicted molar refractivity (Wildman–Crippen MR) is 91.1 cm³/mol. The summed E-state index contributed by atoms with van der Waals surface area (Å²) in [6.45, 7) is 0. The Labute approximate surface area is 136 Å². The molecule has 0 amide bonds. The standard InChI is InChI=1S/C17H10ClN3S/c18-17-4-3-16(22-17)15-10-20-13-2-1-12(9-14(13)21-15)11-5-7-19-8-6-11/h1-10H. The first-order valence-corrected chi connectivity index (χ1v) is 7.92. The molecule has 0 N–H and O–H groups in total. The Kier molecular flexibility index (Phi) is 3.33. The third-order valence-corrected chi connectivity index (χ3v) is 4.64. The lowest BCUT2D eigenvalue weighted by atomic mass is 10.1. The molecule has 1 aromatic carbocycles. The number of thiophene rings is 1. The van der Waals surface area contributed by atoms with Crippen molar-refractivity contribution in [1.29, 1.82) is 0 Å². The molecule has 22 heavy (non-hydrogen) atoms. The summed E-state index contributed by atoms with van der Waals surface area (Å²) >= 11 is 7.50. The summed E-state index contributed by atoms with van der Waals surface area (Å²) in [6, 6.07) is 13.9. The minimum Gasteiger partial charge on any atom is -0.265 e. The lowest BCUT2D eigenvalue weighted by molar-refractivity contribution is 1.30. The number of hydrogen-bond donors (Lipinski definition) is 0. The average molecular weight is 324 g/mol. The fourth-order valence-electron chi connectivity index (χ4n) is 2.31. The van der Waals surface area contributed by atoms with Crippen LogP contribution in [0.15, 0.2) is 61.1 Å². The first-order chi connectivity index (χ1) is 10.8. The zero-order valence-electron chi connectivity index (χ0n) is 11.4. The van der Waals surface area contributed by atoms with E-state index in [9.17, 15) is 0 Å². The van der Waals surface area contributed by atoms with Crippen LogP contribution >= 0.6 is 22.9 Å². The summed E-state index contributed by atoms with van der Waals surface area (Å²) in [7, 11) is 0. The van der Waals surface area contributed by atoms with Crippen LogP contribution in [-0.4, -0.2) is 15.0 Å². The highest BCUT2D eigenvalue weighted by Crippen LogP contribution is 2.30. The largest absolute Gasteiger partial charge is 0.265 e. The summed E-state index contributed by atoms with van der Waals surface area (Å²) in [5.74, 6) is 0. The van der Waals surface area contributed by atoms with Gasteiger partial charge in [0.1, 0.15) is 0 Å². The highest BCUT2D eigenvalue weighted by atomic mass is 35.5. The molecule has 0 atom stereocenters. The Morgan fingerprint density at radius 2 is 1.73 bits per heavy atom. The molecule has 0 unspecified atom stereocenters. The van der Waals surface area contributed by atoms with Crippen molar-refractivity contribution in [1.82, 2.24) is 15.0 Å². The van der Waals surface area contributed by atoms with Crippen molar-refractivity contribution in [3.05, 3.63) is 65.4 Å². The first-order valence-electron chi connectivity index (χ1n) is 6.72. The molecule has 0 saturated heterocycles. The molecule has 0 aliphatic carbocycles. The number of pyridine rings is 1. The molecule has 3 aromatic heterocycles. The van der Waals surface area contributed by atoms with Gasteiger partial charge >= 0.3 is 0 Å². The smallest absolute Gasteiger partial charge is 0.0993 e. The molecule has 0 saturated carbocycles. The van der Waals surface area contributed by atoms with Gasteiger partial charge in [0.15, 0.2) is 0 Å². The van der Waals surface area contributed by atoms with Crippen molar-refractivity contribution in [2.75, 3.05) is 0 Å². The second-order valence-electron chi connectivity index (χ2n) is 4.80. The molecular formula is C17H10ClN3S. The number of halogens is 1. The fraction of sp³-hybridized carbons (Fsp3) is 0. The number of hydrogen-bond acceptors (Lipinski definition) is 4. The van der Waals surface area contributed by atoms with Gasteiger partial charge in [-0.15, -0.1) is 11.3 Å². The van der Waals surface area contributed by atoms with E-state index in [0.717, 1.165) is 37.1 Å². The van der Waals surface area contributed by atoms with E-state index in [4.69, 9.17) is 16.6 Å². The van der Waals surface area contributed by atoms with Crippen LogP contribution in [0.2, 0.25) is 4.34 Å². The lowest BCUT2D eigenvalue weighted by Gasteiger charge is -2.04. The van der Waals surface area contributed by atoms with Crippen LogP contribution in [0.5, 0.6) is 0 Å². The molecule has 0 spiro atoms. The maximum atomic E-state index is 6.00. The molecular weight excluding hydrogens is 314 g/mol. The van der Waals surface area contributed by atoms with Gasteiger partial charge in [-0.3, -0.25) is 9.97 Å². The van der Waals surface area contributed by atoms with E-state index >= 15 is 0 Å². The Hall–Kier alpha value is -2.30. The van der Waals surface area contributed by atoms with Crippen LogP contribution in [0.4, 0.5) is 0 Å². The van der Waals surface area contributed by atoms with Crippen molar-refractivity contribution in [3.8, 4) is 21.7 Å². The number of benzene rings is 1.